The van der Waals surface area contributed by atoms with Gasteiger partial charge in [0.2, 0.25) is 5.95 Å². The van der Waals surface area contributed by atoms with E-state index in [9.17, 15) is 13.2 Å². The lowest BCUT2D eigenvalue weighted by molar-refractivity contribution is -0.141. The molecule has 0 saturated carbocycles. The van der Waals surface area contributed by atoms with Crippen LogP contribution in [0.15, 0.2) is 36.8 Å². The van der Waals surface area contributed by atoms with E-state index >= 15 is 0 Å². The number of hydrogen-bond donors (Lipinski definition) is 1. The molecule has 19 heavy (non-hydrogen) atoms. The van der Waals surface area contributed by atoms with Gasteiger partial charge >= 0.3 is 6.18 Å². The van der Waals surface area contributed by atoms with Crippen molar-refractivity contribution in [3.63, 3.8) is 0 Å². The predicted octanol–water partition coefficient (Wildman–Crippen LogP) is 2.54. The lowest BCUT2D eigenvalue weighted by Crippen LogP contribution is -2.13. The Kier molecular flexibility index (Phi) is 3.94. The molecule has 0 atom stereocenters. The second kappa shape index (κ2) is 5.64. The number of halogens is 3. The van der Waals surface area contributed by atoms with Gasteiger partial charge < -0.3 is 5.32 Å². The Labute approximate surface area is 107 Å². The SMILES string of the molecule is FC(F)(F)c1ccnc(NCCc2cccnc2)n1. The summed E-state index contributed by atoms with van der Waals surface area (Å²) < 4.78 is 37.3. The van der Waals surface area contributed by atoms with Crippen molar-refractivity contribution >= 4 is 5.95 Å². The van der Waals surface area contributed by atoms with Crippen molar-refractivity contribution in [2.75, 3.05) is 11.9 Å². The van der Waals surface area contributed by atoms with Crippen molar-refractivity contribution in [1.82, 2.24) is 15.0 Å². The second-order valence-electron chi connectivity index (χ2n) is 3.80. The van der Waals surface area contributed by atoms with Crippen molar-refractivity contribution in [2.45, 2.75) is 12.6 Å². The smallest absolute Gasteiger partial charge is 0.354 e. The van der Waals surface area contributed by atoms with Gasteiger partial charge in [0, 0.05) is 25.1 Å². The van der Waals surface area contributed by atoms with E-state index in [1.807, 2.05) is 6.07 Å². The van der Waals surface area contributed by atoms with Gasteiger partial charge in [-0.3, -0.25) is 4.98 Å². The summed E-state index contributed by atoms with van der Waals surface area (Å²) in [5.74, 6) is -0.0290. The fourth-order valence-electron chi connectivity index (χ4n) is 1.47. The summed E-state index contributed by atoms with van der Waals surface area (Å²) in [6, 6.07) is 4.53. The van der Waals surface area contributed by atoms with Crippen molar-refractivity contribution in [1.29, 1.82) is 0 Å². The fraction of sp³-hybridized carbons (Fsp3) is 0.250. The Morgan fingerprint density at radius 1 is 1.16 bits per heavy atom. The van der Waals surface area contributed by atoms with Crippen LogP contribution in [0.25, 0.3) is 0 Å². The van der Waals surface area contributed by atoms with Crippen molar-refractivity contribution in [2.24, 2.45) is 0 Å². The number of rotatable bonds is 4. The molecule has 2 rings (SSSR count). The summed E-state index contributed by atoms with van der Waals surface area (Å²) in [6.07, 6.45) is 0.625. The molecule has 2 aromatic heterocycles. The monoisotopic (exact) mass is 268 g/mol. The molecule has 0 aliphatic rings. The number of nitrogens with zero attached hydrogens (tertiary/aromatic N) is 3. The lowest BCUT2D eigenvalue weighted by atomic mass is 10.2. The van der Waals surface area contributed by atoms with Crippen LogP contribution in [0.1, 0.15) is 11.3 Å². The van der Waals surface area contributed by atoms with Crippen LogP contribution in [-0.2, 0) is 12.6 Å². The van der Waals surface area contributed by atoms with E-state index in [1.54, 1.807) is 18.5 Å². The first-order chi connectivity index (χ1) is 9.05. The first-order valence-electron chi connectivity index (χ1n) is 5.59. The van der Waals surface area contributed by atoms with E-state index in [0.717, 1.165) is 17.8 Å². The minimum atomic E-state index is -4.46. The van der Waals surface area contributed by atoms with Gasteiger partial charge in [-0.05, 0) is 24.1 Å². The molecule has 100 valence electrons. The van der Waals surface area contributed by atoms with Crippen LogP contribution in [0.3, 0.4) is 0 Å². The maximum absolute atomic E-state index is 12.4. The van der Waals surface area contributed by atoms with Crippen LogP contribution < -0.4 is 5.32 Å². The molecular weight excluding hydrogens is 257 g/mol. The molecule has 0 bridgehead atoms. The maximum Gasteiger partial charge on any atom is 0.433 e. The highest BCUT2D eigenvalue weighted by Crippen LogP contribution is 2.27. The first kappa shape index (κ1) is 13.3. The number of aromatic nitrogens is 3. The molecule has 2 aromatic rings. The van der Waals surface area contributed by atoms with Crippen molar-refractivity contribution in [3.05, 3.63) is 48.0 Å². The Balaban J connectivity index is 1.93. The van der Waals surface area contributed by atoms with Gasteiger partial charge in [-0.15, -0.1) is 0 Å². The number of nitrogens with one attached hydrogen (secondary N) is 1. The molecule has 0 aliphatic heterocycles. The van der Waals surface area contributed by atoms with Gasteiger partial charge in [0.15, 0.2) is 0 Å². The summed E-state index contributed by atoms with van der Waals surface area (Å²) >= 11 is 0. The Morgan fingerprint density at radius 3 is 2.68 bits per heavy atom. The number of pyridine rings is 1. The van der Waals surface area contributed by atoms with Crippen LogP contribution in [-0.4, -0.2) is 21.5 Å². The Hall–Kier alpha value is -2.18. The van der Waals surface area contributed by atoms with Crippen LogP contribution in [0.5, 0.6) is 0 Å². The Bertz CT molecular complexity index is 528. The summed E-state index contributed by atoms with van der Waals surface area (Å²) in [5, 5.41) is 2.76. The van der Waals surface area contributed by atoms with E-state index in [4.69, 9.17) is 0 Å². The topological polar surface area (TPSA) is 50.7 Å². The molecule has 0 radical (unpaired) electrons. The highest BCUT2D eigenvalue weighted by Gasteiger charge is 2.32. The van der Waals surface area contributed by atoms with E-state index in [0.29, 0.717) is 13.0 Å². The molecule has 0 amide bonds. The van der Waals surface area contributed by atoms with Gasteiger partial charge in [-0.2, -0.15) is 13.2 Å². The van der Waals surface area contributed by atoms with E-state index in [1.165, 1.54) is 0 Å². The van der Waals surface area contributed by atoms with Crippen LogP contribution in [0.4, 0.5) is 19.1 Å². The molecule has 2 heterocycles. The summed E-state index contributed by atoms with van der Waals surface area (Å²) in [5.41, 5.74) is 0.0355. The highest BCUT2D eigenvalue weighted by molar-refractivity contribution is 5.26. The average Bonchev–Trinajstić information content (AvgIpc) is 2.39. The highest BCUT2D eigenvalue weighted by atomic mass is 19.4. The number of anilines is 1. The molecule has 4 nitrogen and oxygen atoms in total. The average molecular weight is 268 g/mol. The van der Waals surface area contributed by atoms with Crippen LogP contribution in [0, 0.1) is 0 Å². The molecule has 7 heteroatoms. The first-order valence-corrected chi connectivity index (χ1v) is 5.59. The van der Waals surface area contributed by atoms with Gasteiger partial charge in [0.25, 0.3) is 0 Å². The molecule has 0 saturated heterocycles. The lowest BCUT2D eigenvalue weighted by Gasteiger charge is -2.08. The van der Waals surface area contributed by atoms with Crippen LogP contribution >= 0.6 is 0 Å². The van der Waals surface area contributed by atoms with Crippen LogP contribution in [0.2, 0.25) is 0 Å². The normalized spacial score (nSPS) is 11.3. The summed E-state index contributed by atoms with van der Waals surface area (Å²) in [7, 11) is 0. The molecule has 0 unspecified atom stereocenters. The number of alkyl halides is 3. The standard InChI is InChI=1S/C12H11F3N4/c13-12(14,15)10-4-7-18-11(19-10)17-6-3-9-2-1-5-16-8-9/h1-2,4-5,7-8H,3,6H2,(H,17,18,19). The van der Waals surface area contributed by atoms with Gasteiger partial charge in [-0.1, -0.05) is 6.07 Å². The minimum absolute atomic E-state index is 0.0290. The number of hydrogen-bond acceptors (Lipinski definition) is 4. The third-order valence-electron chi connectivity index (χ3n) is 2.37. The minimum Gasteiger partial charge on any atom is -0.354 e. The van der Waals surface area contributed by atoms with Gasteiger partial charge in [0.05, 0.1) is 0 Å². The summed E-state index contributed by atoms with van der Waals surface area (Å²) in [6.45, 7) is 0.438. The van der Waals surface area contributed by atoms with Gasteiger partial charge in [-0.25, -0.2) is 9.97 Å². The predicted molar refractivity (Wildman–Crippen MR) is 63.5 cm³/mol. The zero-order chi connectivity index (χ0) is 13.7. The molecular formula is C12H11F3N4. The maximum atomic E-state index is 12.4. The third-order valence-corrected chi connectivity index (χ3v) is 2.37. The van der Waals surface area contributed by atoms with E-state index in [-0.39, 0.29) is 5.95 Å². The third kappa shape index (κ3) is 3.90. The van der Waals surface area contributed by atoms with Crippen molar-refractivity contribution in [3.8, 4) is 0 Å². The molecule has 1 N–H and O–H groups in total. The summed E-state index contributed by atoms with van der Waals surface area (Å²) in [4.78, 5) is 11.1. The van der Waals surface area contributed by atoms with E-state index < -0.39 is 11.9 Å². The molecule has 0 fully saturated rings. The zero-order valence-electron chi connectivity index (χ0n) is 9.85. The molecule has 0 aromatic carbocycles. The molecule has 0 spiro atoms. The quantitative estimate of drug-likeness (QED) is 0.925. The van der Waals surface area contributed by atoms with E-state index in [2.05, 4.69) is 20.3 Å². The second-order valence-corrected chi connectivity index (χ2v) is 3.80. The Morgan fingerprint density at radius 2 is 2.00 bits per heavy atom. The van der Waals surface area contributed by atoms with Crippen molar-refractivity contribution < 1.29 is 13.2 Å². The fourth-order valence-corrected chi connectivity index (χ4v) is 1.47. The zero-order valence-corrected chi connectivity index (χ0v) is 9.85. The van der Waals surface area contributed by atoms with Gasteiger partial charge in [0.1, 0.15) is 5.69 Å². The molecule has 0 aliphatic carbocycles. The largest absolute Gasteiger partial charge is 0.433 e.